The minimum Gasteiger partial charge on any atom is -0.465 e. The second-order valence-electron chi connectivity index (χ2n) is 5.94. The highest BCUT2D eigenvalue weighted by molar-refractivity contribution is 6.30. The van der Waals surface area contributed by atoms with Crippen LogP contribution in [0.25, 0.3) is 0 Å². The van der Waals surface area contributed by atoms with Gasteiger partial charge in [-0.1, -0.05) is 23.7 Å². The summed E-state index contributed by atoms with van der Waals surface area (Å²) in [7, 11) is 1.26. The Morgan fingerprint density at radius 3 is 2.38 bits per heavy atom. The first-order valence-corrected chi connectivity index (χ1v) is 8.95. The molecule has 1 heterocycles. The maximum absolute atomic E-state index is 13.0. The third-order valence-corrected chi connectivity index (χ3v) is 4.30. The number of Topliss-reactive ketones (excluding diaryl/α,β-unsaturated/α-hetero) is 1. The van der Waals surface area contributed by atoms with Crippen molar-refractivity contribution in [1.29, 1.82) is 0 Å². The largest absolute Gasteiger partial charge is 0.465 e. The topological polar surface area (TPSA) is 97.6 Å². The number of hydrogen-bond donors (Lipinski definition) is 2. The number of ketones is 1. The van der Waals surface area contributed by atoms with Crippen molar-refractivity contribution in [2.24, 2.45) is 0 Å². The summed E-state index contributed by atoms with van der Waals surface area (Å²) in [5.41, 5.74) is 0.866. The van der Waals surface area contributed by atoms with Crippen LogP contribution in [-0.2, 0) is 4.74 Å². The van der Waals surface area contributed by atoms with Crippen LogP contribution in [0.15, 0.2) is 71.3 Å². The number of anilines is 1. The second kappa shape index (κ2) is 9.07. The number of nitrogens with one attached hydrogen (secondary N) is 2. The van der Waals surface area contributed by atoms with Gasteiger partial charge in [-0.15, -0.1) is 0 Å². The van der Waals surface area contributed by atoms with E-state index in [4.69, 9.17) is 20.8 Å². The molecule has 1 atom stereocenters. The normalized spacial score (nSPS) is 11.4. The molecule has 0 radical (unpaired) electrons. The highest BCUT2D eigenvalue weighted by Gasteiger charge is 2.25. The number of carbonyl (C=O) groups is 3. The summed E-state index contributed by atoms with van der Waals surface area (Å²) in [5.74, 6) is -1.56. The van der Waals surface area contributed by atoms with E-state index in [0.717, 1.165) is 0 Å². The second-order valence-corrected chi connectivity index (χ2v) is 6.37. The predicted octanol–water partition coefficient (Wildman–Crippen LogP) is 3.77. The fraction of sp³-hybridized carbons (Fsp3) is 0.0952. The fourth-order valence-electron chi connectivity index (χ4n) is 2.61. The van der Waals surface area contributed by atoms with Gasteiger partial charge in [-0.25, -0.2) is 4.79 Å². The van der Waals surface area contributed by atoms with Crippen molar-refractivity contribution in [3.05, 3.63) is 88.8 Å². The van der Waals surface area contributed by atoms with Crippen LogP contribution in [0, 0.1) is 0 Å². The van der Waals surface area contributed by atoms with Gasteiger partial charge in [0.1, 0.15) is 0 Å². The Balaban J connectivity index is 1.92. The van der Waals surface area contributed by atoms with Crippen molar-refractivity contribution in [3.63, 3.8) is 0 Å². The SMILES string of the molecule is COC(=O)c1ccccc1NC(NC(=O)c1ccco1)C(=O)c1ccc(Cl)cc1. The monoisotopic (exact) mass is 412 g/mol. The van der Waals surface area contributed by atoms with Gasteiger partial charge in [0.05, 0.1) is 24.6 Å². The molecule has 1 amide bonds. The molecule has 0 aliphatic carbocycles. The molecule has 148 valence electrons. The Kier molecular flexibility index (Phi) is 6.31. The van der Waals surface area contributed by atoms with Crippen LogP contribution in [0.3, 0.4) is 0 Å². The van der Waals surface area contributed by atoms with Gasteiger partial charge in [-0.3, -0.25) is 9.59 Å². The van der Waals surface area contributed by atoms with E-state index >= 15 is 0 Å². The van der Waals surface area contributed by atoms with Gasteiger partial charge in [0.2, 0.25) is 5.78 Å². The van der Waals surface area contributed by atoms with E-state index in [9.17, 15) is 14.4 Å². The van der Waals surface area contributed by atoms with Crippen LogP contribution < -0.4 is 10.6 Å². The molecule has 29 heavy (non-hydrogen) atoms. The molecule has 7 nitrogen and oxygen atoms in total. The Hall–Kier alpha value is -3.58. The molecular formula is C21H17ClN2O5. The third kappa shape index (κ3) is 4.83. The van der Waals surface area contributed by atoms with E-state index in [0.29, 0.717) is 16.3 Å². The molecule has 8 heteroatoms. The van der Waals surface area contributed by atoms with E-state index in [-0.39, 0.29) is 11.3 Å². The number of para-hydroxylation sites is 1. The summed E-state index contributed by atoms with van der Waals surface area (Å²) < 4.78 is 9.86. The zero-order chi connectivity index (χ0) is 20.8. The number of amides is 1. The van der Waals surface area contributed by atoms with Crippen LogP contribution in [-0.4, -0.2) is 30.9 Å². The standard InChI is InChI=1S/C21H17ClN2O5/c1-28-21(27)15-5-2-3-6-16(15)23-19(24-20(26)17-7-4-12-29-17)18(25)13-8-10-14(22)11-9-13/h2-12,19,23H,1H3,(H,24,26). The van der Waals surface area contributed by atoms with Crippen LogP contribution in [0.4, 0.5) is 5.69 Å². The number of halogens is 1. The molecule has 0 aliphatic heterocycles. The van der Waals surface area contributed by atoms with Gasteiger partial charge >= 0.3 is 5.97 Å². The number of esters is 1. The first-order valence-electron chi connectivity index (χ1n) is 8.57. The number of carbonyl (C=O) groups excluding carboxylic acids is 3. The van der Waals surface area contributed by atoms with Crippen molar-refractivity contribution in [2.75, 3.05) is 12.4 Å². The predicted molar refractivity (Wildman–Crippen MR) is 107 cm³/mol. The van der Waals surface area contributed by atoms with E-state index in [1.54, 1.807) is 54.6 Å². The molecule has 0 bridgehead atoms. The first kappa shape index (κ1) is 20.2. The zero-order valence-electron chi connectivity index (χ0n) is 15.3. The molecular weight excluding hydrogens is 396 g/mol. The first-order chi connectivity index (χ1) is 14.0. The van der Waals surface area contributed by atoms with E-state index in [1.807, 2.05) is 0 Å². The zero-order valence-corrected chi connectivity index (χ0v) is 16.1. The third-order valence-electron chi connectivity index (χ3n) is 4.04. The minimum absolute atomic E-state index is 0.0435. The average Bonchev–Trinajstić information content (AvgIpc) is 3.28. The molecule has 0 aliphatic rings. The van der Waals surface area contributed by atoms with E-state index < -0.39 is 23.8 Å². The Bertz CT molecular complexity index is 1020. The summed E-state index contributed by atoms with van der Waals surface area (Å²) in [4.78, 5) is 37.5. The Morgan fingerprint density at radius 2 is 1.72 bits per heavy atom. The number of rotatable bonds is 7. The van der Waals surface area contributed by atoms with Crippen LogP contribution in [0.1, 0.15) is 31.3 Å². The molecule has 0 spiro atoms. The summed E-state index contributed by atoms with van der Waals surface area (Å²) in [6.45, 7) is 0. The smallest absolute Gasteiger partial charge is 0.339 e. The molecule has 2 N–H and O–H groups in total. The molecule has 0 fully saturated rings. The molecule has 3 aromatic rings. The molecule has 1 aromatic heterocycles. The quantitative estimate of drug-likeness (QED) is 0.348. The van der Waals surface area contributed by atoms with Gasteiger partial charge in [0.25, 0.3) is 5.91 Å². The maximum Gasteiger partial charge on any atom is 0.339 e. The number of furan rings is 1. The highest BCUT2D eigenvalue weighted by atomic mass is 35.5. The van der Waals surface area contributed by atoms with Gasteiger partial charge in [-0.2, -0.15) is 0 Å². The number of benzene rings is 2. The number of hydrogen-bond acceptors (Lipinski definition) is 6. The van der Waals surface area contributed by atoms with Gasteiger partial charge in [0, 0.05) is 10.6 Å². The minimum atomic E-state index is -1.18. The molecule has 0 saturated carbocycles. The lowest BCUT2D eigenvalue weighted by Gasteiger charge is -2.21. The summed E-state index contributed by atoms with van der Waals surface area (Å²) >= 11 is 5.89. The number of ether oxygens (including phenoxy) is 1. The van der Waals surface area contributed by atoms with Crippen molar-refractivity contribution >= 4 is 34.9 Å². The molecule has 2 aromatic carbocycles. The number of methoxy groups -OCH3 is 1. The van der Waals surface area contributed by atoms with Gasteiger partial charge < -0.3 is 19.8 Å². The Morgan fingerprint density at radius 1 is 1.00 bits per heavy atom. The summed E-state index contributed by atoms with van der Waals surface area (Å²) in [6, 6.07) is 15.8. The summed E-state index contributed by atoms with van der Waals surface area (Å²) in [6.07, 6.45) is 0.171. The average molecular weight is 413 g/mol. The lowest BCUT2D eigenvalue weighted by molar-refractivity contribution is 0.0601. The van der Waals surface area contributed by atoms with Crippen molar-refractivity contribution < 1.29 is 23.5 Å². The lowest BCUT2D eigenvalue weighted by Crippen LogP contribution is -2.46. The van der Waals surface area contributed by atoms with Crippen molar-refractivity contribution in [1.82, 2.24) is 5.32 Å². The highest BCUT2D eigenvalue weighted by Crippen LogP contribution is 2.19. The maximum atomic E-state index is 13.0. The van der Waals surface area contributed by atoms with Gasteiger partial charge in [0.15, 0.2) is 11.9 Å². The fourth-order valence-corrected chi connectivity index (χ4v) is 2.74. The van der Waals surface area contributed by atoms with E-state index in [2.05, 4.69) is 10.6 Å². The summed E-state index contributed by atoms with van der Waals surface area (Å²) in [5, 5.41) is 5.97. The van der Waals surface area contributed by atoms with Crippen LogP contribution in [0.5, 0.6) is 0 Å². The Labute approximate surface area is 171 Å². The molecule has 1 unspecified atom stereocenters. The van der Waals surface area contributed by atoms with Crippen molar-refractivity contribution in [3.8, 4) is 0 Å². The lowest BCUT2D eigenvalue weighted by atomic mass is 10.1. The molecule has 3 rings (SSSR count). The van der Waals surface area contributed by atoms with E-state index in [1.165, 1.54) is 19.4 Å². The molecule has 0 saturated heterocycles. The van der Waals surface area contributed by atoms with Crippen LogP contribution >= 0.6 is 11.6 Å². The van der Waals surface area contributed by atoms with Crippen molar-refractivity contribution in [2.45, 2.75) is 6.17 Å². The van der Waals surface area contributed by atoms with Gasteiger partial charge in [-0.05, 0) is 48.5 Å². The van der Waals surface area contributed by atoms with Crippen LogP contribution in [0.2, 0.25) is 5.02 Å².